The van der Waals surface area contributed by atoms with E-state index in [2.05, 4.69) is 24.3 Å². The van der Waals surface area contributed by atoms with Crippen LogP contribution < -0.4 is 5.56 Å². The molecule has 0 radical (unpaired) electrons. The van der Waals surface area contributed by atoms with Crippen LogP contribution >= 0.6 is 11.8 Å². The van der Waals surface area contributed by atoms with Gasteiger partial charge in [0.1, 0.15) is 5.56 Å². The summed E-state index contributed by atoms with van der Waals surface area (Å²) in [7, 11) is 1.72. The van der Waals surface area contributed by atoms with Gasteiger partial charge in [0, 0.05) is 30.2 Å². The maximum atomic E-state index is 13.2. The summed E-state index contributed by atoms with van der Waals surface area (Å²) < 4.78 is 1.55. The Balaban J connectivity index is 1.92. The Morgan fingerprint density at radius 1 is 1.24 bits per heavy atom. The molecule has 3 rings (SSSR count). The van der Waals surface area contributed by atoms with Crippen molar-refractivity contribution in [2.45, 2.75) is 44.2 Å². The number of thioether (sulfide) groups is 1. The van der Waals surface area contributed by atoms with Crippen LogP contribution in [-0.4, -0.2) is 27.7 Å². The molecule has 1 aromatic carbocycles. The largest absolute Gasteiger partial charge is 0.331 e. The van der Waals surface area contributed by atoms with Crippen molar-refractivity contribution in [3.05, 3.63) is 63.1 Å². The summed E-state index contributed by atoms with van der Waals surface area (Å²) >= 11 is 1.70. The third kappa shape index (κ3) is 3.66. The van der Waals surface area contributed by atoms with E-state index < -0.39 is 0 Å². The third-order valence-corrected chi connectivity index (χ3v) is 5.59. The highest BCUT2D eigenvalue weighted by molar-refractivity contribution is 7.98. The average molecular weight is 356 g/mol. The molecule has 0 N–H and O–H groups in total. The number of aryl methyl sites for hydroxylation is 2. The molecular weight excluding hydrogens is 332 g/mol. The van der Waals surface area contributed by atoms with Gasteiger partial charge in [0.15, 0.2) is 0 Å². The van der Waals surface area contributed by atoms with Gasteiger partial charge in [0.05, 0.1) is 0 Å². The zero-order valence-corrected chi connectivity index (χ0v) is 16.0. The second-order valence-electron chi connectivity index (χ2n) is 6.72. The highest BCUT2D eigenvalue weighted by Crippen LogP contribution is 2.30. The third-order valence-electron chi connectivity index (χ3n) is 4.84. The van der Waals surface area contributed by atoms with E-state index in [4.69, 9.17) is 0 Å². The number of amides is 1. The van der Waals surface area contributed by atoms with E-state index in [1.807, 2.05) is 31.1 Å². The lowest BCUT2D eigenvalue weighted by Gasteiger charge is -2.24. The maximum absolute atomic E-state index is 13.2. The lowest BCUT2D eigenvalue weighted by molar-refractivity contribution is 0.0726. The first kappa shape index (κ1) is 17.8. The summed E-state index contributed by atoms with van der Waals surface area (Å²) in [5, 5.41) is 0. The van der Waals surface area contributed by atoms with Gasteiger partial charge in [0.25, 0.3) is 11.5 Å². The molecule has 25 heavy (non-hydrogen) atoms. The van der Waals surface area contributed by atoms with Crippen molar-refractivity contribution in [3.8, 4) is 0 Å². The molecule has 1 heterocycles. The fourth-order valence-corrected chi connectivity index (χ4v) is 3.47. The minimum absolute atomic E-state index is 0.144. The lowest BCUT2D eigenvalue weighted by Crippen LogP contribution is -2.38. The first-order valence-electron chi connectivity index (χ1n) is 8.53. The Hall–Kier alpha value is -2.01. The predicted molar refractivity (Wildman–Crippen MR) is 102 cm³/mol. The van der Waals surface area contributed by atoms with Crippen molar-refractivity contribution in [3.63, 3.8) is 0 Å². The molecule has 0 aliphatic heterocycles. The van der Waals surface area contributed by atoms with Gasteiger partial charge in [-0.25, -0.2) is 0 Å². The van der Waals surface area contributed by atoms with E-state index >= 15 is 0 Å². The molecule has 1 fully saturated rings. The molecular formula is C20H24N2O2S. The summed E-state index contributed by atoms with van der Waals surface area (Å²) in [6.45, 7) is 4.28. The molecule has 0 saturated heterocycles. The normalized spacial score (nSPS) is 13.8. The molecule has 132 valence electrons. The molecule has 0 unspecified atom stereocenters. The van der Waals surface area contributed by atoms with Crippen molar-refractivity contribution in [1.82, 2.24) is 9.47 Å². The van der Waals surface area contributed by atoms with Crippen molar-refractivity contribution in [1.29, 1.82) is 0 Å². The SMILES string of the molecule is CSc1ccc(CN(C(=O)c2c(C)cc(C)n(C)c2=O)C2CC2)cc1. The van der Waals surface area contributed by atoms with Gasteiger partial charge in [-0.05, 0) is 62.3 Å². The molecule has 5 heteroatoms. The second-order valence-corrected chi connectivity index (χ2v) is 7.60. The van der Waals surface area contributed by atoms with E-state index in [0.29, 0.717) is 12.1 Å². The van der Waals surface area contributed by atoms with Gasteiger partial charge in [-0.15, -0.1) is 11.8 Å². The van der Waals surface area contributed by atoms with Crippen LogP contribution in [0.2, 0.25) is 0 Å². The van der Waals surface area contributed by atoms with Crippen LogP contribution in [0.15, 0.2) is 40.0 Å². The van der Waals surface area contributed by atoms with Crippen molar-refractivity contribution in [2.24, 2.45) is 7.05 Å². The van der Waals surface area contributed by atoms with E-state index in [0.717, 1.165) is 29.7 Å². The molecule has 0 spiro atoms. The number of aromatic nitrogens is 1. The van der Waals surface area contributed by atoms with E-state index in [1.54, 1.807) is 23.4 Å². The number of hydrogen-bond donors (Lipinski definition) is 0. The van der Waals surface area contributed by atoms with Crippen LogP contribution in [0, 0.1) is 13.8 Å². The Bertz CT molecular complexity index is 851. The fraction of sp³-hybridized carbons (Fsp3) is 0.400. The van der Waals surface area contributed by atoms with Gasteiger partial charge in [-0.2, -0.15) is 0 Å². The van der Waals surface area contributed by atoms with Gasteiger partial charge < -0.3 is 9.47 Å². The molecule has 0 atom stereocenters. The van der Waals surface area contributed by atoms with Crippen LogP contribution in [0.1, 0.15) is 40.0 Å². The molecule has 1 amide bonds. The molecule has 1 aliphatic rings. The smallest absolute Gasteiger partial charge is 0.263 e. The van der Waals surface area contributed by atoms with E-state index in [1.165, 1.54) is 4.90 Å². The highest BCUT2D eigenvalue weighted by Gasteiger charge is 2.34. The van der Waals surface area contributed by atoms with Crippen LogP contribution in [0.25, 0.3) is 0 Å². The van der Waals surface area contributed by atoms with Crippen molar-refractivity contribution in [2.75, 3.05) is 6.26 Å². The standard InChI is InChI=1S/C20H24N2O2S/c1-13-11-14(2)21(3)19(23)18(13)20(24)22(16-7-8-16)12-15-5-9-17(25-4)10-6-15/h5-6,9-11,16H,7-8,12H2,1-4H3. The topological polar surface area (TPSA) is 42.3 Å². The van der Waals surface area contributed by atoms with Gasteiger partial charge in [-0.1, -0.05) is 12.1 Å². The minimum Gasteiger partial charge on any atom is -0.331 e. The van der Waals surface area contributed by atoms with Crippen LogP contribution in [0.4, 0.5) is 0 Å². The van der Waals surface area contributed by atoms with Crippen LogP contribution in [0.5, 0.6) is 0 Å². The summed E-state index contributed by atoms with van der Waals surface area (Å²) in [6.07, 6.45) is 4.07. The number of hydrogen-bond acceptors (Lipinski definition) is 3. The number of carbonyl (C=O) groups excluding carboxylic acids is 1. The van der Waals surface area contributed by atoms with Crippen molar-refractivity contribution < 1.29 is 4.79 Å². The van der Waals surface area contributed by atoms with Crippen LogP contribution in [0.3, 0.4) is 0 Å². The number of pyridine rings is 1. The zero-order valence-electron chi connectivity index (χ0n) is 15.2. The zero-order chi connectivity index (χ0) is 18.1. The minimum atomic E-state index is -0.203. The number of rotatable bonds is 5. The molecule has 4 nitrogen and oxygen atoms in total. The summed E-state index contributed by atoms with van der Waals surface area (Å²) in [6, 6.07) is 10.4. The highest BCUT2D eigenvalue weighted by atomic mass is 32.2. The monoisotopic (exact) mass is 356 g/mol. The Morgan fingerprint density at radius 3 is 2.44 bits per heavy atom. The summed E-state index contributed by atoms with van der Waals surface area (Å²) in [4.78, 5) is 28.9. The first-order valence-corrected chi connectivity index (χ1v) is 9.76. The quantitative estimate of drug-likeness (QED) is 0.770. The van der Waals surface area contributed by atoms with Gasteiger partial charge in [0.2, 0.25) is 0 Å². The lowest BCUT2D eigenvalue weighted by atomic mass is 10.1. The summed E-state index contributed by atoms with van der Waals surface area (Å²) in [5.41, 5.74) is 2.82. The van der Waals surface area contributed by atoms with Gasteiger partial charge in [-0.3, -0.25) is 9.59 Å². The molecule has 1 aromatic heterocycles. The second kappa shape index (κ2) is 7.08. The number of nitrogens with zero attached hydrogens (tertiary/aromatic N) is 2. The Morgan fingerprint density at radius 2 is 1.88 bits per heavy atom. The van der Waals surface area contributed by atoms with E-state index in [9.17, 15) is 9.59 Å². The fourth-order valence-electron chi connectivity index (χ4n) is 3.06. The Kier molecular flexibility index (Phi) is 5.04. The molecule has 1 saturated carbocycles. The number of benzene rings is 1. The number of carbonyl (C=O) groups is 1. The molecule has 2 aromatic rings. The molecule has 0 bridgehead atoms. The van der Waals surface area contributed by atoms with Crippen molar-refractivity contribution >= 4 is 17.7 Å². The summed E-state index contributed by atoms with van der Waals surface area (Å²) in [5.74, 6) is -0.144. The first-order chi connectivity index (χ1) is 11.9. The van der Waals surface area contributed by atoms with Gasteiger partial charge >= 0.3 is 0 Å². The Labute approximate surface area is 152 Å². The maximum Gasteiger partial charge on any atom is 0.263 e. The van der Waals surface area contributed by atoms with E-state index in [-0.39, 0.29) is 17.5 Å². The predicted octanol–water partition coefficient (Wildman–Crippen LogP) is 3.53. The average Bonchev–Trinajstić information content (AvgIpc) is 3.43. The van der Waals surface area contributed by atoms with Crippen LogP contribution in [-0.2, 0) is 13.6 Å². The molecule has 1 aliphatic carbocycles.